The van der Waals surface area contributed by atoms with Crippen LogP contribution in [0, 0.1) is 11.6 Å². The number of hydrogen-bond acceptors (Lipinski definition) is 3. The molecule has 0 bridgehead atoms. The smallest absolute Gasteiger partial charge is 0.422 e. The van der Waals surface area contributed by atoms with Gasteiger partial charge in [-0.2, -0.15) is 13.2 Å². The number of ether oxygens (including phenoxy) is 2. The lowest BCUT2D eigenvalue weighted by Gasteiger charge is -2.12. The zero-order valence-corrected chi connectivity index (χ0v) is 15.6. The SMILES string of the molecule is CC=CCOc1ccc(C(=O)Oc2ccc3c(F)c(C(F)(F)F)c(F)cc3c2)cc1. The van der Waals surface area contributed by atoms with Gasteiger partial charge in [-0.3, -0.25) is 0 Å². The lowest BCUT2D eigenvalue weighted by Crippen LogP contribution is -2.12. The molecule has 3 aromatic carbocycles. The predicted octanol–water partition coefficient (Wildman–Crippen LogP) is 6.31. The number of fused-ring (bicyclic) bond motifs is 1. The molecule has 3 rings (SSSR count). The molecule has 3 nitrogen and oxygen atoms in total. The number of carbonyl (C=O) groups is 1. The van der Waals surface area contributed by atoms with E-state index in [1.54, 1.807) is 12.1 Å². The Balaban J connectivity index is 1.81. The normalized spacial score (nSPS) is 11.8. The van der Waals surface area contributed by atoms with E-state index in [0.717, 1.165) is 18.2 Å². The van der Waals surface area contributed by atoms with E-state index in [9.17, 15) is 26.7 Å². The summed E-state index contributed by atoms with van der Waals surface area (Å²) >= 11 is 0. The Hall–Kier alpha value is -3.42. The largest absolute Gasteiger partial charge is 0.490 e. The lowest BCUT2D eigenvalue weighted by molar-refractivity contribution is -0.142. The predicted molar refractivity (Wildman–Crippen MR) is 101 cm³/mol. The molecular weight excluding hydrogens is 407 g/mol. The molecular formula is C22H15F5O3. The second-order valence-electron chi connectivity index (χ2n) is 6.22. The molecule has 0 N–H and O–H groups in total. The second kappa shape index (κ2) is 8.52. The highest BCUT2D eigenvalue weighted by Crippen LogP contribution is 2.37. The van der Waals surface area contributed by atoms with Crippen LogP contribution in [0.25, 0.3) is 10.8 Å². The fourth-order valence-corrected chi connectivity index (χ4v) is 2.73. The van der Waals surface area contributed by atoms with E-state index in [1.165, 1.54) is 12.1 Å². The van der Waals surface area contributed by atoms with E-state index in [1.807, 2.05) is 19.1 Å². The van der Waals surface area contributed by atoms with Crippen LogP contribution in [-0.4, -0.2) is 12.6 Å². The van der Waals surface area contributed by atoms with Crippen LogP contribution in [-0.2, 0) is 6.18 Å². The minimum Gasteiger partial charge on any atom is -0.490 e. The molecule has 0 fully saturated rings. The van der Waals surface area contributed by atoms with Crippen molar-refractivity contribution in [3.05, 3.63) is 83.4 Å². The van der Waals surface area contributed by atoms with Crippen molar-refractivity contribution >= 4 is 16.7 Å². The molecule has 30 heavy (non-hydrogen) atoms. The van der Waals surface area contributed by atoms with Crippen molar-refractivity contribution in [2.45, 2.75) is 13.1 Å². The molecule has 0 aromatic heterocycles. The number of carbonyl (C=O) groups excluding carboxylic acids is 1. The maximum Gasteiger partial charge on any atom is 0.422 e. The molecule has 0 aliphatic rings. The number of hydrogen-bond donors (Lipinski definition) is 0. The summed E-state index contributed by atoms with van der Waals surface area (Å²) in [6, 6.07) is 9.88. The fraction of sp³-hybridized carbons (Fsp3) is 0.136. The summed E-state index contributed by atoms with van der Waals surface area (Å²) in [7, 11) is 0. The number of benzene rings is 3. The van der Waals surface area contributed by atoms with E-state index >= 15 is 0 Å². The van der Waals surface area contributed by atoms with Crippen molar-refractivity contribution in [1.29, 1.82) is 0 Å². The summed E-state index contributed by atoms with van der Waals surface area (Å²) in [5, 5.41) is -0.609. The van der Waals surface area contributed by atoms with Gasteiger partial charge in [0.05, 0.1) is 5.56 Å². The molecule has 0 heterocycles. The molecule has 0 amide bonds. The molecule has 0 aliphatic carbocycles. The summed E-state index contributed by atoms with van der Waals surface area (Å²) in [4.78, 5) is 12.3. The minimum absolute atomic E-state index is 0.0699. The van der Waals surface area contributed by atoms with E-state index < -0.39 is 34.7 Å². The molecule has 0 radical (unpaired) electrons. The average Bonchev–Trinajstić information content (AvgIpc) is 2.67. The zero-order valence-electron chi connectivity index (χ0n) is 15.6. The van der Waals surface area contributed by atoms with Gasteiger partial charge in [0, 0.05) is 5.39 Å². The highest BCUT2D eigenvalue weighted by atomic mass is 19.4. The molecule has 0 spiro atoms. The van der Waals surface area contributed by atoms with E-state index in [0.29, 0.717) is 18.4 Å². The minimum atomic E-state index is -5.17. The summed E-state index contributed by atoms with van der Waals surface area (Å²) in [5.41, 5.74) is -1.77. The zero-order chi connectivity index (χ0) is 21.9. The maximum atomic E-state index is 14.2. The van der Waals surface area contributed by atoms with Gasteiger partial charge < -0.3 is 9.47 Å². The first-order chi connectivity index (χ1) is 14.2. The third kappa shape index (κ3) is 4.59. The number of rotatable bonds is 5. The first-order valence-electron chi connectivity index (χ1n) is 8.76. The van der Waals surface area contributed by atoms with E-state index in [2.05, 4.69) is 0 Å². The van der Waals surface area contributed by atoms with Gasteiger partial charge in [0.1, 0.15) is 35.3 Å². The average molecular weight is 422 g/mol. The standard InChI is InChI=1S/C22H15F5O3/c1-2-3-10-29-15-6-4-13(5-7-15)21(28)30-16-8-9-17-14(11-16)12-18(23)19(20(17)24)22(25,26)27/h2-9,11-12H,10H2,1H3. The first-order valence-corrected chi connectivity index (χ1v) is 8.76. The highest BCUT2D eigenvalue weighted by molar-refractivity contribution is 5.92. The molecule has 0 atom stereocenters. The van der Waals surface area contributed by atoms with Crippen molar-refractivity contribution in [2.75, 3.05) is 6.61 Å². The molecule has 0 aliphatic heterocycles. The van der Waals surface area contributed by atoms with Gasteiger partial charge in [0.15, 0.2) is 0 Å². The van der Waals surface area contributed by atoms with Gasteiger partial charge in [0.2, 0.25) is 0 Å². The van der Waals surface area contributed by atoms with Gasteiger partial charge in [-0.05, 0) is 60.8 Å². The topological polar surface area (TPSA) is 35.5 Å². The van der Waals surface area contributed by atoms with Crippen LogP contribution in [0.5, 0.6) is 11.5 Å². The third-order valence-electron chi connectivity index (χ3n) is 4.17. The van der Waals surface area contributed by atoms with Crippen LogP contribution in [0.15, 0.2) is 60.7 Å². The highest BCUT2D eigenvalue weighted by Gasteiger charge is 2.38. The first kappa shape index (κ1) is 21.3. The summed E-state index contributed by atoms with van der Waals surface area (Å²) in [5.74, 6) is -3.74. The van der Waals surface area contributed by atoms with Gasteiger partial charge in [-0.25, -0.2) is 13.6 Å². The fourth-order valence-electron chi connectivity index (χ4n) is 2.73. The molecule has 8 heteroatoms. The number of esters is 1. The van der Waals surface area contributed by atoms with Crippen molar-refractivity contribution < 1.29 is 36.2 Å². The van der Waals surface area contributed by atoms with Crippen LogP contribution in [0.1, 0.15) is 22.8 Å². The Morgan fingerprint density at radius 1 is 1.00 bits per heavy atom. The van der Waals surface area contributed by atoms with Crippen molar-refractivity contribution in [2.24, 2.45) is 0 Å². The second-order valence-corrected chi connectivity index (χ2v) is 6.22. The van der Waals surface area contributed by atoms with Crippen LogP contribution in [0.4, 0.5) is 22.0 Å². The van der Waals surface area contributed by atoms with E-state index in [4.69, 9.17) is 9.47 Å². The summed E-state index contributed by atoms with van der Waals surface area (Å²) in [6.45, 7) is 2.23. The van der Waals surface area contributed by atoms with Crippen molar-refractivity contribution in [3.63, 3.8) is 0 Å². The van der Waals surface area contributed by atoms with Crippen LogP contribution in [0.3, 0.4) is 0 Å². The Bertz CT molecular complexity index is 1100. The molecule has 0 unspecified atom stereocenters. The van der Waals surface area contributed by atoms with Crippen LogP contribution in [0.2, 0.25) is 0 Å². The number of alkyl halides is 3. The third-order valence-corrected chi connectivity index (χ3v) is 4.17. The summed E-state index contributed by atoms with van der Waals surface area (Å²) in [6.07, 6.45) is -1.53. The van der Waals surface area contributed by atoms with E-state index in [-0.39, 0.29) is 16.7 Å². The van der Waals surface area contributed by atoms with Crippen molar-refractivity contribution in [1.82, 2.24) is 0 Å². The summed E-state index contributed by atoms with van der Waals surface area (Å²) < 4.78 is 77.0. The maximum absolute atomic E-state index is 14.2. The van der Waals surface area contributed by atoms with Gasteiger partial charge in [-0.1, -0.05) is 12.2 Å². The van der Waals surface area contributed by atoms with Crippen LogP contribution >= 0.6 is 0 Å². The quantitative estimate of drug-likeness (QED) is 0.209. The molecule has 156 valence electrons. The molecule has 3 aromatic rings. The molecule has 0 saturated heterocycles. The number of allylic oxidation sites excluding steroid dienone is 1. The van der Waals surface area contributed by atoms with Crippen LogP contribution < -0.4 is 9.47 Å². The molecule has 0 saturated carbocycles. The van der Waals surface area contributed by atoms with Crippen molar-refractivity contribution in [3.8, 4) is 11.5 Å². The Morgan fingerprint density at radius 3 is 2.30 bits per heavy atom. The van der Waals surface area contributed by atoms with Gasteiger partial charge >= 0.3 is 12.1 Å². The number of halogens is 5. The van der Waals surface area contributed by atoms with Gasteiger partial charge in [0.25, 0.3) is 0 Å². The van der Waals surface area contributed by atoms with Gasteiger partial charge in [-0.15, -0.1) is 0 Å². The Labute approximate surface area is 168 Å². The monoisotopic (exact) mass is 422 g/mol. The Kier molecular flexibility index (Phi) is 6.05. The lowest BCUT2D eigenvalue weighted by atomic mass is 10.0. The Morgan fingerprint density at radius 2 is 1.67 bits per heavy atom.